The highest BCUT2D eigenvalue weighted by atomic mass is 35.5. The summed E-state index contributed by atoms with van der Waals surface area (Å²) >= 11 is 12.1. The molecule has 0 aliphatic carbocycles. The highest BCUT2D eigenvalue weighted by molar-refractivity contribution is 6.35. The number of nitrogens with zero attached hydrogens (tertiary/aromatic N) is 2. The molecule has 7 heteroatoms. The van der Waals surface area contributed by atoms with Crippen molar-refractivity contribution in [1.82, 2.24) is 15.1 Å². The predicted octanol–water partition coefficient (Wildman–Crippen LogP) is 2.67. The topological polar surface area (TPSA) is 52.7 Å². The van der Waals surface area contributed by atoms with Crippen LogP contribution in [-0.2, 0) is 4.79 Å². The summed E-state index contributed by atoms with van der Waals surface area (Å²) in [4.78, 5) is 28.8. The zero-order chi connectivity index (χ0) is 17.7. The first-order valence-electron chi connectivity index (χ1n) is 8.08. The molecule has 5 nitrogen and oxygen atoms in total. The first kappa shape index (κ1) is 19.0. The molecule has 0 radical (unpaired) electrons. The van der Waals surface area contributed by atoms with Crippen molar-refractivity contribution in [2.24, 2.45) is 0 Å². The van der Waals surface area contributed by atoms with Gasteiger partial charge in [-0.3, -0.25) is 9.59 Å². The van der Waals surface area contributed by atoms with Crippen LogP contribution in [0.1, 0.15) is 29.6 Å². The van der Waals surface area contributed by atoms with Crippen molar-refractivity contribution in [3.63, 3.8) is 0 Å². The highest BCUT2D eigenvalue weighted by Crippen LogP contribution is 2.26. The van der Waals surface area contributed by atoms with Crippen molar-refractivity contribution < 1.29 is 9.59 Å². The van der Waals surface area contributed by atoms with Gasteiger partial charge in [-0.15, -0.1) is 0 Å². The van der Waals surface area contributed by atoms with Gasteiger partial charge in [0, 0.05) is 18.1 Å². The normalized spacial score (nSPS) is 17.4. The molecule has 1 aliphatic heterocycles. The first-order valence-corrected chi connectivity index (χ1v) is 8.84. The number of hydrogen-bond acceptors (Lipinski definition) is 3. The molecule has 0 spiro atoms. The lowest BCUT2D eigenvalue weighted by Gasteiger charge is -2.24. The van der Waals surface area contributed by atoms with Gasteiger partial charge in [-0.25, -0.2) is 0 Å². The van der Waals surface area contributed by atoms with Gasteiger partial charge in [-0.05, 0) is 58.1 Å². The van der Waals surface area contributed by atoms with Gasteiger partial charge >= 0.3 is 0 Å². The Morgan fingerprint density at radius 2 is 2.08 bits per heavy atom. The minimum atomic E-state index is -0.438. The number of halogens is 2. The van der Waals surface area contributed by atoms with Crippen LogP contribution in [0, 0.1) is 0 Å². The molecule has 2 rings (SSSR count). The van der Waals surface area contributed by atoms with Crippen LogP contribution in [0.15, 0.2) is 18.2 Å². The summed E-state index contributed by atoms with van der Waals surface area (Å²) < 4.78 is 0. The maximum absolute atomic E-state index is 12.8. The van der Waals surface area contributed by atoms with E-state index >= 15 is 0 Å². The quantitative estimate of drug-likeness (QED) is 0.782. The molecule has 0 saturated carbocycles. The lowest BCUT2D eigenvalue weighted by Crippen LogP contribution is -2.46. The second-order valence-corrected chi connectivity index (χ2v) is 7.07. The summed E-state index contributed by atoms with van der Waals surface area (Å²) in [6, 6.07) is 4.35. The Bertz CT molecular complexity index is 607. The Morgan fingerprint density at radius 3 is 2.79 bits per heavy atom. The van der Waals surface area contributed by atoms with E-state index in [4.69, 9.17) is 23.2 Å². The van der Waals surface area contributed by atoms with Gasteiger partial charge < -0.3 is 15.1 Å². The van der Waals surface area contributed by atoms with Crippen LogP contribution in [-0.4, -0.2) is 61.4 Å². The zero-order valence-corrected chi connectivity index (χ0v) is 15.5. The van der Waals surface area contributed by atoms with Crippen LogP contribution < -0.4 is 5.32 Å². The lowest BCUT2D eigenvalue weighted by atomic mass is 10.1. The lowest BCUT2D eigenvalue weighted by molar-refractivity contribution is -0.124. The molecule has 1 aliphatic rings. The van der Waals surface area contributed by atoms with E-state index in [0.717, 1.165) is 19.4 Å². The summed E-state index contributed by atoms with van der Waals surface area (Å²) in [6.45, 7) is 2.07. The van der Waals surface area contributed by atoms with Crippen LogP contribution in [0.2, 0.25) is 10.0 Å². The van der Waals surface area contributed by atoms with E-state index in [9.17, 15) is 9.59 Å². The Kier molecular flexibility index (Phi) is 6.90. The number of benzene rings is 1. The molecule has 2 amide bonds. The number of rotatable bonds is 6. The molecule has 1 saturated heterocycles. The highest BCUT2D eigenvalue weighted by Gasteiger charge is 2.35. The molecule has 1 fully saturated rings. The SMILES string of the molecule is CN(C)CCCNC(=O)[C@H]1CCCN1C(=O)c1cc(Cl)ccc1Cl. The summed E-state index contributed by atoms with van der Waals surface area (Å²) in [5.74, 6) is -0.341. The van der Waals surface area contributed by atoms with Crippen LogP contribution in [0.3, 0.4) is 0 Å². The number of hydrogen-bond donors (Lipinski definition) is 1. The van der Waals surface area contributed by atoms with Crippen LogP contribution in [0.25, 0.3) is 0 Å². The smallest absolute Gasteiger partial charge is 0.256 e. The summed E-state index contributed by atoms with van der Waals surface area (Å²) in [5.41, 5.74) is 0.344. The fourth-order valence-corrected chi connectivity index (χ4v) is 3.19. The molecule has 1 aromatic carbocycles. The van der Waals surface area contributed by atoms with Crippen molar-refractivity contribution in [3.05, 3.63) is 33.8 Å². The molecule has 0 bridgehead atoms. The van der Waals surface area contributed by atoms with Crippen LogP contribution in [0.4, 0.5) is 0 Å². The van der Waals surface area contributed by atoms with Crippen molar-refractivity contribution in [2.45, 2.75) is 25.3 Å². The van der Waals surface area contributed by atoms with Gasteiger partial charge in [0.1, 0.15) is 6.04 Å². The number of likely N-dealkylation sites (tertiary alicyclic amines) is 1. The minimum absolute atomic E-state index is 0.0993. The van der Waals surface area contributed by atoms with Gasteiger partial charge in [-0.2, -0.15) is 0 Å². The van der Waals surface area contributed by atoms with Crippen LogP contribution in [0.5, 0.6) is 0 Å². The van der Waals surface area contributed by atoms with Gasteiger partial charge in [0.2, 0.25) is 5.91 Å². The molecule has 1 aromatic rings. The third kappa shape index (κ3) is 4.85. The molecule has 1 N–H and O–H groups in total. The van der Waals surface area contributed by atoms with E-state index in [1.54, 1.807) is 23.1 Å². The Hall–Kier alpha value is -1.30. The summed E-state index contributed by atoms with van der Waals surface area (Å²) in [5, 5.41) is 3.72. The standard InChI is InChI=1S/C17H23Cl2N3O2/c1-21(2)9-4-8-20-16(23)15-5-3-10-22(15)17(24)13-11-12(18)6-7-14(13)19/h6-7,11,15H,3-5,8-10H2,1-2H3,(H,20,23)/t15-/m1/s1. The minimum Gasteiger partial charge on any atom is -0.354 e. The third-order valence-corrected chi connectivity index (χ3v) is 4.62. The van der Waals surface area contributed by atoms with Gasteiger partial charge in [0.25, 0.3) is 5.91 Å². The van der Waals surface area contributed by atoms with Gasteiger partial charge in [-0.1, -0.05) is 23.2 Å². The molecule has 1 heterocycles. The average molecular weight is 372 g/mol. The number of amides is 2. The van der Waals surface area contributed by atoms with E-state index in [0.29, 0.717) is 35.1 Å². The van der Waals surface area contributed by atoms with Crippen molar-refractivity contribution in [2.75, 3.05) is 33.7 Å². The second kappa shape index (κ2) is 8.70. The molecular formula is C17H23Cl2N3O2. The van der Waals surface area contributed by atoms with Crippen molar-refractivity contribution >= 4 is 35.0 Å². The van der Waals surface area contributed by atoms with E-state index < -0.39 is 6.04 Å². The van der Waals surface area contributed by atoms with E-state index in [2.05, 4.69) is 10.2 Å². The Morgan fingerprint density at radius 1 is 1.33 bits per heavy atom. The monoisotopic (exact) mass is 371 g/mol. The fourth-order valence-electron chi connectivity index (χ4n) is 2.82. The summed E-state index contributed by atoms with van der Waals surface area (Å²) in [6.07, 6.45) is 2.35. The van der Waals surface area contributed by atoms with Crippen molar-refractivity contribution in [1.29, 1.82) is 0 Å². The van der Waals surface area contributed by atoms with E-state index in [1.165, 1.54) is 0 Å². The first-order chi connectivity index (χ1) is 11.4. The van der Waals surface area contributed by atoms with Gasteiger partial charge in [0.05, 0.1) is 10.6 Å². The molecule has 0 unspecified atom stereocenters. The number of carbonyl (C=O) groups is 2. The van der Waals surface area contributed by atoms with Crippen LogP contribution >= 0.6 is 23.2 Å². The van der Waals surface area contributed by atoms with E-state index in [1.807, 2.05) is 14.1 Å². The Labute approximate surface area is 152 Å². The average Bonchev–Trinajstić information content (AvgIpc) is 3.02. The number of nitrogens with one attached hydrogen (secondary N) is 1. The van der Waals surface area contributed by atoms with Crippen molar-refractivity contribution in [3.8, 4) is 0 Å². The fraction of sp³-hybridized carbons (Fsp3) is 0.529. The summed E-state index contributed by atoms with van der Waals surface area (Å²) in [7, 11) is 3.99. The number of carbonyl (C=O) groups excluding carboxylic acids is 2. The second-order valence-electron chi connectivity index (χ2n) is 6.23. The van der Waals surface area contributed by atoms with E-state index in [-0.39, 0.29) is 11.8 Å². The largest absolute Gasteiger partial charge is 0.354 e. The third-order valence-electron chi connectivity index (χ3n) is 4.06. The maximum atomic E-state index is 12.8. The predicted molar refractivity (Wildman–Crippen MR) is 96.7 cm³/mol. The molecule has 1 atom stereocenters. The molecule has 132 valence electrons. The van der Waals surface area contributed by atoms with Gasteiger partial charge in [0.15, 0.2) is 0 Å². The Balaban J connectivity index is 2.00. The molecule has 24 heavy (non-hydrogen) atoms. The molecule has 0 aromatic heterocycles. The zero-order valence-electron chi connectivity index (χ0n) is 14.0. The molecular weight excluding hydrogens is 349 g/mol. The maximum Gasteiger partial charge on any atom is 0.256 e.